The molecule has 1 N–H and O–H groups in total. The van der Waals surface area contributed by atoms with Crippen molar-refractivity contribution in [2.75, 3.05) is 13.1 Å². The van der Waals surface area contributed by atoms with Crippen LogP contribution in [0.15, 0.2) is 24.3 Å². The molecule has 0 aliphatic carbocycles. The maximum Gasteiger partial charge on any atom is 0.402 e. The molecule has 1 fully saturated rings. The molecule has 0 radical (unpaired) electrons. The Morgan fingerprint density at radius 3 is 2.28 bits per heavy atom. The van der Waals surface area contributed by atoms with Gasteiger partial charge in [-0.05, 0) is 37.2 Å². The Hall–Kier alpha value is -1.43. The maximum absolute atomic E-state index is 13.1. The summed E-state index contributed by atoms with van der Waals surface area (Å²) in [7, 11) is 0. The van der Waals surface area contributed by atoms with Crippen molar-refractivity contribution >= 4 is 5.78 Å². The summed E-state index contributed by atoms with van der Waals surface area (Å²) in [6.07, 6.45) is -4.89. The van der Waals surface area contributed by atoms with Gasteiger partial charge < -0.3 is 5.32 Å². The fourth-order valence-electron chi connectivity index (χ4n) is 2.13. The van der Waals surface area contributed by atoms with E-state index in [1.807, 2.05) is 0 Å². The van der Waals surface area contributed by atoms with E-state index in [0.29, 0.717) is 0 Å². The van der Waals surface area contributed by atoms with Crippen LogP contribution in [0.5, 0.6) is 0 Å². The van der Waals surface area contributed by atoms with Crippen LogP contribution in [0.25, 0.3) is 0 Å². The van der Waals surface area contributed by atoms with Crippen molar-refractivity contribution < 1.29 is 22.4 Å². The normalized spacial score (nSPS) is 24.2. The molecule has 1 heterocycles. The molecule has 6 heteroatoms. The second kappa shape index (κ2) is 4.35. The first-order valence-electron chi connectivity index (χ1n) is 5.45. The average Bonchev–Trinajstić information content (AvgIpc) is 2.78. The van der Waals surface area contributed by atoms with E-state index in [9.17, 15) is 22.4 Å². The maximum atomic E-state index is 13.1. The predicted molar refractivity (Wildman–Crippen MR) is 56.7 cm³/mol. The summed E-state index contributed by atoms with van der Waals surface area (Å²) < 4.78 is 52.0. The van der Waals surface area contributed by atoms with E-state index < -0.39 is 29.7 Å². The summed E-state index contributed by atoms with van der Waals surface area (Å²) >= 11 is 0. The van der Waals surface area contributed by atoms with Crippen molar-refractivity contribution in [1.82, 2.24) is 5.32 Å². The van der Waals surface area contributed by atoms with Crippen molar-refractivity contribution in [2.24, 2.45) is 5.41 Å². The molecule has 1 atom stereocenters. The summed E-state index contributed by atoms with van der Waals surface area (Å²) in [6.45, 7) is -0.279. The van der Waals surface area contributed by atoms with E-state index in [2.05, 4.69) is 5.32 Å². The number of nitrogens with one attached hydrogen (secondary N) is 1. The van der Waals surface area contributed by atoms with Crippen molar-refractivity contribution in [3.05, 3.63) is 35.6 Å². The molecule has 98 valence electrons. The minimum Gasteiger partial charge on any atom is -0.315 e. The van der Waals surface area contributed by atoms with Crippen LogP contribution in [0.2, 0.25) is 0 Å². The number of carbonyl (C=O) groups excluding carboxylic acids is 1. The number of hydrogen-bond donors (Lipinski definition) is 1. The molecular weight excluding hydrogens is 250 g/mol. The summed E-state index contributed by atoms with van der Waals surface area (Å²) in [5.74, 6) is -1.59. The smallest absolute Gasteiger partial charge is 0.315 e. The Morgan fingerprint density at radius 2 is 1.83 bits per heavy atom. The van der Waals surface area contributed by atoms with Crippen LogP contribution < -0.4 is 5.32 Å². The monoisotopic (exact) mass is 261 g/mol. The first-order valence-corrected chi connectivity index (χ1v) is 5.45. The second-order valence-corrected chi connectivity index (χ2v) is 4.34. The molecule has 0 spiro atoms. The summed E-state index contributed by atoms with van der Waals surface area (Å²) in [5, 5.41) is 2.57. The van der Waals surface area contributed by atoms with E-state index in [0.717, 1.165) is 24.3 Å². The van der Waals surface area contributed by atoms with Crippen LogP contribution >= 0.6 is 0 Å². The van der Waals surface area contributed by atoms with Gasteiger partial charge >= 0.3 is 6.18 Å². The number of carbonyl (C=O) groups is 1. The number of alkyl halides is 3. The lowest BCUT2D eigenvalue weighted by Gasteiger charge is -2.29. The number of Topliss-reactive ketones (excluding diaryl/α,β-unsaturated/α-hetero) is 1. The van der Waals surface area contributed by atoms with Crippen LogP contribution in [0.4, 0.5) is 17.6 Å². The molecule has 18 heavy (non-hydrogen) atoms. The van der Waals surface area contributed by atoms with Gasteiger partial charge in [0.15, 0.2) is 5.78 Å². The highest BCUT2D eigenvalue weighted by atomic mass is 19.4. The molecule has 1 aliphatic rings. The van der Waals surface area contributed by atoms with Gasteiger partial charge in [0.2, 0.25) is 0 Å². The standard InChI is InChI=1S/C12H11F4NO/c13-9-3-1-8(2-4-9)10(18)11(12(14,15)16)5-6-17-7-11/h1-4,17H,5-7H2. The Bertz CT molecular complexity index is 446. The first-order chi connectivity index (χ1) is 8.37. The van der Waals surface area contributed by atoms with Crippen LogP contribution in [-0.2, 0) is 0 Å². The zero-order valence-corrected chi connectivity index (χ0v) is 9.35. The molecule has 1 saturated heterocycles. The van der Waals surface area contributed by atoms with E-state index in [1.165, 1.54) is 0 Å². The van der Waals surface area contributed by atoms with Gasteiger partial charge in [0, 0.05) is 12.1 Å². The van der Waals surface area contributed by atoms with E-state index in [-0.39, 0.29) is 18.5 Å². The highest BCUT2D eigenvalue weighted by Crippen LogP contribution is 2.45. The number of hydrogen-bond acceptors (Lipinski definition) is 2. The highest BCUT2D eigenvalue weighted by Gasteiger charge is 2.61. The van der Waals surface area contributed by atoms with Crippen LogP contribution in [0.1, 0.15) is 16.8 Å². The molecule has 0 aromatic heterocycles. The number of benzene rings is 1. The van der Waals surface area contributed by atoms with Gasteiger partial charge in [-0.1, -0.05) is 0 Å². The topological polar surface area (TPSA) is 29.1 Å². The molecule has 1 aromatic carbocycles. The third-order valence-electron chi connectivity index (χ3n) is 3.24. The zero-order chi connectivity index (χ0) is 13.4. The fourth-order valence-corrected chi connectivity index (χ4v) is 2.13. The Kier molecular flexibility index (Phi) is 3.14. The molecule has 2 nitrogen and oxygen atoms in total. The number of rotatable bonds is 2. The van der Waals surface area contributed by atoms with Gasteiger partial charge in [-0.3, -0.25) is 4.79 Å². The van der Waals surface area contributed by atoms with Crippen molar-refractivity contribution in [2.45, 2.75) is 12.6 Å². The SMILES string of the molecule is O=C(c1ccc(F)cc1)C1(C(F)(F)F)CCNC1. The van der Waals surface area contributed by atoms with Gasteiger partial charge in [-0.2, -0.15) is 13.2 Å². The van der Waals surface area contributed by atoms with Crippen LogP contribution in [0.3, 0.4) is 0 Å². The quantitative estimate of drug-likeness (QED) is 0.654. The van der Waals surface area contributed by atoms with Crippen LogP contribution in [-0.4, -0.2) is 25.0 Å². The minimum absolute atomic E-state index is 0.113. The fraction of sp³-hybridized carbons (Fsp3) is 0.417. The van der Waals surface area contributed by atoms with Gasteiger partial charge in [0.05, 0.1) is 0 Å². The van der Waals surface area contributed by atoms with E-state index in [4.69, 9.17) is 0 Å². The van der Waals surface area contributed by atoms with Gasteiger partial charge in [-0.15, -0.1) is 0 Å². The third kappa shape index (κ3) is 2.01. The first kappa shape index (κ1) is 13.0. The predicted octanol–water partition coefficient (Wildman–Crippen LogP) is 2.55. The molecule has 0 amide bonds. The highest BCUT2D eigenvalue weighted by molar-refractivity contribution is 6.01. The molecule has 0 saturated carbocycles. The average molecular weight is 261 g/mol. The Morgan fingerprint density at radius 1 is 1.22 bits per heavy atom. The number of halogens is 4. The van der Waals surface area contributed by atoms with E-state index in [1.54, 1.807) is 0 Å². The lowest BCUT2D eigenvalue weighted by molar-refractivity contribution is -0.197. The molecule has 1 aromatic rings. The number of ketones is 1. The van der Waals surface area contributed by atoms with Crippen molar-refractivity contribution in [3.63, 3.8) is 0 Å². The van der Waals surface area contributed by atoms with Gasteiger partial charge in [0.1, 0.15) is 11.2 Å². The second-order valence-electron chi connectivity index (χ2n) is 4.34. The van der Waals surface area contributed by atoms with Gasteiger partial charge in [0.25, 0.3) is 0 Å². The zero-order valence-electron chi connectivity index (χ0n) is 9.35. The Labute approximate surface area is 101 Å². The molecular formula is C12H11F4NO. The molecule has 0 bridgehead atoms. The van der Waals surface area contributed by atoms with E-state index >= 15 is 0 Å². The molecule has 1 unspecified atom stereocenters. The van der Waals surface area contributed by atoms with Crippen LogP contribution in [0, 0.1) is 11.2 Å². The summed E-state index contributed by atoms with van der Waals surface area (Å²) in [4.78, 5) is 12.0. The molecule has 1 aliphatic heterocycles. The molecule has 2 rings (SSSR count). The summed E-state index contributed by atoms with van der Waals surface area (Å²) in [5.41, 5.74) is -2.50. The van der Waals surface area contributed by atoms with Crippen molar-refractivity contribution in [3.8, 4) is 0 Å². The minimum atomic E-state index is -4.61. The summed E-state index contributed by atoms with van der Waals surface area (Å²) in [6, 6.07) is 4.15. The lowest BCUT2D eigenvalue weighted by atomic mass is 9.79. The largest absolute Gasteiger partial charge is 0.402 e. The van der Waals surface area contributed by atoms with Gasteiger partial charge in [-0.25, -0.2) is 4.39 Å². The third-order valence-corrected chi connectivity index (χ3v) is 3.24. The Balaban J connectivity index is 2.38. The van der Waals surface area contributed by atoms with Crippen molar-refractivity contribution in [1.29, 1.82) is 0 Å². The lowest BCUT2D eigenvalue weighted by Crippen LogP contribution is -2.46.